The lowest BCUT2D eigenvalue weighted by Gasteiger charge is -2.38. The molecule has 2 saturated heterocycles. The number of anilines is 1. The van der Waals surface area contributed by atoms with Crippen molar-refractivity contribution in [3.8, 4) is 0 Å². The van der Waals surface area contributed by atoms with Gasteiger partial charge in [0.2, 0.25) is 10.0 Å². The maximum Gasteiger partial charge on any atom is 0.256 e. The molecule has 1 amide bonds. The summed E-state index contributed by atoms with van der Waals surface area (Å²) in [6, 6.07) is 5.16. The molecule has 2 N–H and O–H groups in total. The van der Waals surface area contributed by atoms with Crippen LogP contribution < -0.4 is 10.0 Å². The van der Waals surface area contributed by atoms with E-state index in [0.29, 0.717) is 24.2 Å². The number of rotatable bonds is 4. The predicted octanol–water partition coefficient (Wildman–Crippen LogP) is 0.831. The van der Waals surface area contributed by atoms with Crippen LogP contribution >= 0.6 is 11.6 Å². The predicted molar refractivity (Wildman–Crippen MR) is 98.7 cm³/mol. The van der Waals surface area contributed by atoms with Crippen molar-refractivity contribution < 1.29 is 13.2 Å². The molecule has 25 heavy (non-hydrogen) atoms. The minimum absolute atomic E-state index is 0.196. The fourth-order valence-corrected chi connectivity index (χ4v) is 4.14. The zero-order valence-corrected chi connectivity index (χ0v) is 15.7. The van der Waals surface area contributed by atoms with Crippen molar-refractivity contribution in [2.45, 2.75) is 12.5 Å². The fourth-order valence-electron chi connectivity index (χ4n) is 3.39. The van der Waals surface area contributed by atoms with Gasteiger partial charge in [-0.1, -0.05) is 11.6 Å². The van der Waals surface area contributed by atoms with E-state index in [9.17, 15) is 13.2 Å². The van der Waals surface area contributed by atoms with Crippen molar-refractivity contribution in [1.82, 2.24) is 15.1 Å². The van der Waals surface area contributed by atoms with Crippen molar-refractivity contribution in [1.29, 1.82) is 0 Å². The average molecular weight is 387 g/mol. The molecule has 0 aromatic heterocycles. The van der Waals surface area contributed by atoms with Gasteiger partial charge in [-0.05, 0) is 31.2 Å². The van der Waals surface area contributed by atoms with Crippen LogP contribution in [0.5, 0.6) is 0 Å². The summed E-state index contributed by atoms with van der Waals surface area (Å²) in [5, 5.41) is 3.76. The van der Waals surface area contributed by atoms with E-state index in [0.717, 1.165) is 38.9 Å². The number of hydrogen-bond donors (Lipinski definition) is 2. The van der Waals surface area contributed by atoms with Crippen LogP contribution in [0.4, 0.5) is 5.69 Å². The Balaban J connectivity index is 1.72. The minimum Gasteiger partial charge on any atom is -0.336 e. The normalized spacial score (nSPS) is 22.2. The molecule has 7 nitrogen and oxygen atoms in total. The van der Waals surface area contributed by atoms with Gasteiger partial charge in [0.25, 0.3) is 5.91 Å². The first-order valence-corrected chi connectivity index (χ1v) is 10.6. The monoisotopic (exact) mass is 386 g/mol. The van der Waals surface area contributed by atoms with E-state index in [2.05, 4.69) is 14.9 Å². The van der Waals surface area contributed by atoms with Gasteiger partial charge in [-0.25, -0.2) is 8.42 Å². The molecular formula is C16H23ClN4O3S. The molecule has 1 atom stereocenters. The van der Waals surface area contributed by atoms with Crippen molar-refractivity contribution in [2.75, 3.05) is 50.2 Å². The SMILES string of the molecule is CS(=O)(=O)Nc1ccc(Cl)cc1C(=O)N1CCN(C2CCNC2)CC1. The number of nitrogens with one attached hydrogen (secondary N) is 2. The van der Waals surface area contributed by atoms with Gasteiger partial charge in [-0.3, -0.25) is 14.4 Å². The van der Waals surface area contributed by atoms with Crippen LogP contribution in [0.1, 0.15) is 16.8 Å². The highest BCUT2D eigenvalue weighted by Gasteiger charge is 2.29. The van der Waals surface area contributed by atoms with Crippen LogP contribution in [0, 0.1) is 0 Å². The molecule has 0 saturated carbocycles. The molecule has 1 aromatic carbocycles. The topological polar surface area (TPSA) is 81.8 Å². The zero-order valence-electron chi connectivity index (χ0n) is 14.2. The molecule has 138 valence electrons. The lowest BCUT2D eigenvalue weighted by molar-refractivity contribution is 0.0585. The Hall–Kier alpha value is -1.35. The Morgan fingerprint density at radius 1 is 1.28 bits per heavy atom. The standard InChI is InChI=1S/C16H23ClN4O3S/c1-25(23,24)19-15-3-2-12(17)10-14(15)16(22)21-8-6-20(7-9-21)13-4-5-18-11-13/h2-3,10,13,18-19H,4-9,11H2,1H3. The van der Waals surface area contributed by atoms with Crippen LogP contribution in [0.15, 0.2) is 18.2 Å². The molecule has 0 radical (unpaired) electrons. The molecule has 2 fully saturated rings. The van der Waals surface area contributed by atoms with E-state index < -0.39 is 10.0 Å². The molecule has 0 spiro atoms. The molecule has 9 heteroatoms. The number of piperazine rings is 1. The molecule has 0 bridgehead atoms. The maximum atomic E-state index is 12.9. The number of hydrogen-bond acceptors (Lipinski definition) is 5. The van der Waals surface area contributed by atoms with Crippen LogP contribution in [0.3, 0.4) is 0 Å². The maximum absolute atomic E-state index is 12.9. The van der Waals surface area contributed by atoms with Crippen molar-refractivity contribution in [2.24, 2.45) is 0 Å². The van der Waals surface area contributed by atoms with E-state index in [1.54, 1.807) is 11.0 Å². The third-order valence-corrected chi connectivity index (χ3v) is 5.49. The van der Waals surface area contributed by atoms with Gasteiger partial charge in [0.05, 0.1) is 17.5 Å². The van der Waals surface area contributed by atoms with Crippen LogP contribution in [-0.4, -0.2) is 75.7 Å². The summed E-state index contributed by atoms with van der Waals surface area (Å²) in [5.41, 5.74) is 0.549. The Morgan fingerprint density at radius 3 is 2.60 bits per heavy atom. The Kier molecular flexibility index (Phi) is 5.52. The highest BCUT2D eigenvalue weighted by Crippen LogP contribution is 2.24. The van der Waals surface area contributed by atoms with Crippen molar-refractivity contribution >= 4 is 33.2 Å². The van der Waals surface area contributed by atoms with Gasteiger partial charge >= 0.3 is 0 Å². The quantitative estimate of drug-likeness (QED) is 0.801. The van der Waals surface area contributed by atoms with Gasteiger partial charge in [0.1, 0.15) is 0 Å². The summed E-state index contributed by atoms with van der Waals surface area (Å²) in [6.07, 6.45) is 2.20. The van der Waals surface area contributed by atoms with E-state index in [-0.39, 0.29) is 17.2 Å². The molecule has 2 heterocycles. The number of amides is 1. The first-order valence-electron chi connectivity index (χ1n) is 8.35. The summed E-state index contributed by atoms with van der Waals surface area (Å²) in [4.78, 5) is 17.1. The summed E-state index contributed by atoms with van der Waals surface area (Å²) < 4.78 is 25.5. The summed E-state index contributed by atoms with van der Waals surface area (Å²) in [6.45, 7) is 4.96. The van der Waals surface area contributed by atoms with E-state index in [1.807, 2.05) is 0 Å². The second-order valence-electron chi connectivity index (χ2n) is 6.54. The molecule has 1 unspecified atom stereocenters. The number of halogens is 1. The number of benzene rings is 1. The molecule has 2 aliphatic rings. The van der Waals surface area contributed by atoms with Crippen LogP contribution in [0.25, 0.3) is 0 Å². The Morgan fingerprint density at radius 2 is 2.00 bits per heavy atom. The Labute approximate surface area is 153 Å². The van der Waals surface area contributed by atoms with Crippen molar-refractivity contribution in [3.05, 3.63) is 28.8 Å². The van der Waals surface area contributed by atoms with Crippen LogP contribution in [-0.2, 0) is 10.0 Å². The summed E-state index contributed by atoms with van der Waals surface area (Å²) >= 11 is 6.02. The highest BCUT2D eigenvalue weighted by molar-refractivity contribution is 7.92. The lowest BCUT2D eigenvalue weighted by atomic mass is 10.1. The number of carbonyl (C=O) groups is 1. The Bertz CT molecular complexity index is 742. The minimum atomic E-state index is -3.48. The van der Waals surface area contributed by atoms with E-state index in [1.165, 1.54) is 12.1 Å². The molecule has 2 aliphatic heterocycles. The second kappa shape index (κ2) is 7.49. The second-order valence-corrected chi connectivity index (χ2v) is 8.72. The van der Waals surface area contributed by atoms with Gasteiger partial charge in [0.15, 0.2) is 0 Å². The average Bonchev–Trinajstić information content (AvgIpc) is 3.09. The van der Waals surface area contributed by atoms with E-state index in [4.69, 9.17) is 11.6 Å². The first kappa shape index (κ1) is 18.4. The van der Waals surface area contributed by atoms with Crippen molar-refractivity contribution in [3.63, 3.8) is 0 Å². The third kappa shape index (κ3) is 4.63. The molecule has 0 aliphatic carbocycles. The smallest absolute Gasteiger partial charge is 0.256 e. The van der Waals surface area contributed by atoms with Gasteiger partial charge in [-0.15, -0.1) is 0 Å². The summed E-state index contributed by atoms with van der Waals surface area (Å²) in [7, 11) is -3.48. The molecular weight excluding hydrogens is 364 g/mol. The number of carbonyl (C=O) groups excluding carboxylic acids is 1. The molecule has 3 rings (SSSR count). The van der Waals surface area contributed by atoms with Gasteiger partial charge < -0.3 is 10.2 Å². The van der Waals surface area contributed by atoms with E-state index >= 15 is 0 Å². The highest BCUT2D eigenvalue weighted by atomic mass is 35.5. The van der Waals surface area contributed by atoms with Crippen LogP contribution in [0.2, 0.25) is 5.02 Å². The largest absolute Gasteiger partial charge is 0.336 e. The number of sulfonamides is 1. The zero-order chi connectivity index (χ0) is 18.0. The molecule has 1 aromatic rings. The van der Waals surface area contributed by atoms with Gasteiger partial charge in [0, 0.05) is 43.8 Å². The van der Waals surface area contributed by atoms with Gasteiger partial charge in [-0.2, -0.15) is 0 Å². The summed E-state index contributed by atoms with van der Waals surface area (Å²) in [5.74, 6) is -0.196. The first-order chi connectivity index (χ1) is 11.8. The fraction of sp³-hybridized carbons (Fsp3) is 0.562. The number of nitrogens with zero attached hydrogens (tertiary/aromatic N) is 2. The third-order valence-electron chi connectivity index (χ3n) is 4.66. The lowest BCUT2D eigenvalue weighted by Crippen LogP contribution is -2.52.